The van der Waals surface area contributed by atoms with Crippen molar-refractivity contribution in [1.82, 2.24) is 0 Å². The molecule has 0 saturated heterocycles. The molecule has 0 N–H and O–H groups in total. The van der Waals surface area contributed by atoms with Crippen LogP contribution in [0.15, 0.2) is 30.3 Å². The van der Waals surface area contributed by atoms with Crippen LogP contribution >= 0.6 is 24.0 Å². The van der Waals surface area contributed by atoms with Crippen molar-refractivity contribution in [3.63, 3.8) is 0 Å². The number of ether oxygens (including phenoxy) is 1. The molecule has 1 unspecified atom stereocenters. The number of thioether (sulfide) groups is 1. The Bertz CT molecular complexity index is 285. The highest BCUT2D eigenvalue weighted by Crippen LogP contribution is 2.09. The molecule has 76 valence electrons. The van der Waals surface area contributed by atoms with Crippen molar-refractivity contribution < 1.29 is 4.74 Å². The molecular formula is C11H14OS2. The predicted octanol–water partition coefficient (Wildman–Crippen LogP) is 3.28. The number of hydrogen-bond acceptors (Lipinski definition) is 3. The Morgan fingerprint density at radius 1 is 1.43 bits per heavy atom. The Balaban J connectivity index is 2.41. The van der Waals surface area contributed by atoms with Gasteiger partial charge in [-0.15, -0.1) is 0 Å². The number of benzene rings is 1. The highest BCUT2D eigenvalue weighted by Gasteiger charge is 2.05. The SMILES string of the molecule is CSC(=S)OC(C)Cc1ccccc1. The quantitative estimate of drug-likeness (QED) is 0.732. The number of thiocarbonyl (C=S) groups is 1. The highest BCUT2D eigenvalue weighted by atomic mass is 32.2. The zero-order chi connectivity index (χ0) is 10.4. The fourth-order valence-corrected chi connectivity index (χ4v) is 1.62. The first-order valence-electron chi connectivity index (χ1n) is 4.51. The summed E-state index contributed by atoms with van der Waals surface area (Å²) in [6.07, 6.45) is 2.98. The van der Waals surface area contributed by atoms with Gasteiger partial charge in [-0.2, -0.15) is 0 Å². The molecule has 0 amide bonds. The third kappa shape index (κ3) is 4.11. The van der Waals surface area contributed by atoms with Gasteiger partial charge in [0.15, 0.2) is 0 Å². The number of rotatable bonds is 3. The van der Waals surface area contributed by atoms with Gasteiger partial charge in [-0.3, -0.25) is 0 Å². The maximum Gasteiger partial charge on any atom is 0.219 e. The third-order valence-electron chi connectivity index (χ3n) is 1.83. The van der Waals surface area contributed by atoms with Crippen LogP contribution in [0.3, 0.4) is 0 Å². The first-order valence-corrected chi connectivity index (χ1v) is 6.14. The van der Waals surface area contributed by atoms with E-state index >= 15 is 0 Å². The maximum atomic E-state index is 5.50. The fourth-order valence-electron chi connectivity index (χ4n) is 1.20. The van der Waals surface area contributed by atoms with E-state index in [9.17, 15) is 0 Å². The molecule has 1 rings (SSSR count). The van der Waals surface area contributed by atoms with Gasteiger partial charge in [-0.1, -0.05) is 42.1 Å². The van der Waals surface area contributed by atoms with Crippen LogP contribution in [-0.4, -0.2) is 16.7 Å². The van der Waals surface area contributed by atoms with Crippen LogP contribution in [0.2, 0.25) is 0 Å². The summed E-state index contributed by atoms with van der Waals surface area (Å²) in [4.78, 5) is 0. The molecule has 0 saturated carbocycles. The zero-order valence-electron chi connectivity index (χ0n) is 8.40. The standard InChI is InChI=1S/C11H14OS2/c1-9(12-11(13)14-2)8-10-6-4-3-5-7-10/h3-7,9H,8H2,1-2H3. The Morgan fingerprint density at radius 3 is 2.64 bits per heavy atom. The molecule has 1 nitrogen and oxygen atoms in total. The van der Waals surface area contributed by atoms with Crippen LogP contribution in [0.1, 0.15) is 12.5 Å². The van der Waals surface area contributed by atoms with Gasteiger partial charge in [0, 0.05) is 6.42 Å². The van der Waals surface area contributed by atoms with E-state index in [1.807, 2.05) is 31.4 Å². The van der Waals surface area contributed by atoms with E-state index in [-0.39, 0.29) is 6.10 Å². The molecule has 0 heterocycles. The summed E-state index contributed by atoms with van der Waals surface area (Å²) < 4.78 is 6.12. The van der Waals surface area contributed by atoms with E-state index in [4.69, 9.17) is 17.0 Å². The second kappa shape index (κ2) is 6.04. The lowest BCUT2D eigenvalue weighted by molar-refractivity contribution is 0.222. The minimum atomic E-state index is 0.150. The van der Waals surface area contributed by atoms with E-state index in [1.54, 1.807) is 0 Å². The average molecular weight is 226 g/mol. The van der Waals surface area contributed by atoms with Gasteiger partial charge in [0.05, 0.1) is 0 Å². The van der Waals surface area contributed by atoms with E-state index in [2.05, 4.69) is 12.1 Å². The summed E-state index contributed by atoms with van der Waals surface area (Å²) in [5, 5.41) is 0. The van der Waals surface area contributed by atoms with Gasteiger partial charge in [-0.05, 0) is 31.0 Å². The molecule has 0 radical (unpaired) electrons. The van der Waals surface area contributed by atoms with Crippen LogP contribution in [0, 0.1) is 0 Å². The molecule has 0 fully saturated rings. The van der Waals surface area contributed by atoms with E-state index in [0.29, 0.717) is 4.38 Å². The fraction of sp³-hybridized carbons (Fsp3) is 0.364. The van der Waals surface area contributed by atoms with Crippen molar-refractivity contribution in [3.8, 4) is 0 Å². The normalized spacial score (nSPS) is 12.1. The van der Waals surface area contributed by atoms with Gasteiger partial charge in [0.2, 0.25) is 4.38 Å². The van der Waals surface area contributed by atoms with Crippen LogP contribution in [0.5, 0.6) is 0 Å². The lowest BCUT2D eigenvalue weighted by Crippen LogP contribution is -2.13. The van der Waals surface area contributed by atoms with Gasteiger partial charge in [0.25, 0.3) is 0 Å². The monoisotopic (exact) mass is 226 g/mol. The molecule has 1 aromatic rings. The van der Waals surface area contributed by atoms with Crippen molar-refractivity contribution in [2.45, 2.75) is 19.4 Å². The van der Waals surface area contributed by atoms with E-state index in [0.717, 1.165) is 6.42 Å². The van der Waals surface area contributed by atoms with Gasteiger partial charge < -0.3 is 4.74 Å². The van der Waals surface area contributed by atoms with Crippen LogP contribution < -0.4 is 0 Å². The Kier molecular flexibility index (Phi) is 4.98. The van der Waals surface area contributed by atoms with Gasteiger partial charge >= 0.3 is 0 Å². The number of hydrogen-bond donors (Lipinski definition) is 0. The van der Waals surface area contributed by atoms with Crippen LogP contribution in [-0.2, 0) is 11.2 Å². The highest BCUT2D eigenvalue weighted by molar-refractivity contribution is 8.22. The largest absolute Gasteiger partial charge is 0.475 e. The van der Waals surface area contributed by atoms with E-state index < -0.39 is 0 Å². The Hall–Kier alpha value is -0.540. The Morgan fingerprint density at radius 2 is 2.07 bits per heavy atom. The minimum Gasteiger partial charge on any atom is -0.475 e. The summed E-state index contributed by atoms with van der Waals surface area (Å²) in [5.74, 6) is 0. The Labute approximate surface area is 94.9 Å². The molecular weight excluding hydrogens is 212 g/mol. The molecule has 0 aromatic heterocycles. The predicted molar refractivity (Wildman–Crippen MR) is 66.8 cm³/mol. The molecule has 1 aromatic carbocycles. The van der Waals surface area contributed by atoms with Crippen LogP contribution in [0.25, 0.3) is 0 Å². The molecule has 0 aliphatic rings. The van der Waals surface area contributed by atoms with Crippen molar-refractivity contribution in [1.29, 1.82) is 0 Å². The van der Waals surface area contributed by atoms with Crippen LogP contribution in [0.4, 0.5) is 0 Å². The summed E-state index contributed by atoms with van der Waals surface area (Å²) in [5.41, 5.74) is 1.28. The molecule has 0 aliphatic heterocycles. The maximum absolute atomic E-state index is 5.50. The third-order valence-corrected chi connectivity index (χ3v) is 2.86. The first kappa shape index (κ1) is 11.5. The molecule has 0 aliphatic carbocycles. The molecule has 0 spiro atoms. The smallest absolute Gasteiger partial charge is 0.219 e. The second-order valence-electron chi connectivity index (χ2n) is 3.07. The minimum absolute atomic E-state index is 0.150. The molecule has 14 heavy (non-hydrogen) atoms. The lowest BCUT2D eigenvalue weighted by Gasteiger charge is -2.13. The lowest BCUT2D eigenvalue weighted by atomic mass is 10.1. The molecule has 1 atom stereocenters. The second-order valence-corrected chi connectivity index (χ2v) is 4.48. The van der Waals surface area contributed by atoms with Crippen molar-refractivity contribution in [2.24, 2.45) is 0 Å². The summed E-state index contributed by atoms with van der Waals surface area (Å²) in [7, 11) is 0. The molecule has 0 bridgehead atoms. The van der Waals surface area contributed by atoms with E-state index in [1.165, 1.54) is 17.3 Å². The van der Waals surface area contributed by atoms with Crippen molar-refractivity contribution >= 4 is 28.4 Å². The van der Waals surface area contributed by atoms with Crippen molar-refractivity contribution in [2.75, 3.05) is 6.26 Å². The topological polar surface area (TPSA) is 9.23 Å². The molecule has 3 heteroatoms. The first-order chi connectivity index (χ1) is 6.72. The van der Waals surface area contributed by atoms with Crippen molar-refractivity contribution in [3.05, 3.63) is 35.9 Å². The summed E-state index contributed by atoms with van der Waals surface area (Å²) in [6, 6.07) is 10.3. The average Bonchev–Trinajstić information content (AvgIpc) is 2.19. The summed E-state index contributed by atoms with van der Waals surface area (Å²) >= 11 is 6.46. The van der Waals surface area contributed by atoms with Gasteiger partial charge in [0.1, 0.15) is 6.10 Å². The van der Waals surface area contributed by atoms with Gasteiger partial charge in [-0.25, -0.2) is 0 Å². The zero-order valence-corrected chi connectivity index (χ0v) is 10.0. The summed E-state index contributed by atoms with van der Waals surface area (Å²) in [6.45, 7) is 2.04.